The van der Waals surface area contributed by atoms with Crippen LogP contribution in [0.3, 0.4) is 0 Å². The molecule has 1 N–H and O–H groups in total. The first-order chi connectivity index (χ1) is 7.00. The topological polar surface area (TPSA) is 46.5 Å². The fourth-order valence-corrected chi connectivity index (χ4v) is 1.39. The van der Waals surface area contributed by atoms with E-state index in [1.165, 1.54) is 19.1 Å². The van der Waals surface area contributed by atoms with Crippen LogP contribution in [0.1, 0.15) is 12.5 Å². The first-order valence-corrected chi connectivity index (χ1v) is 5.08. The molecule has 0 fully saturated rings. The van der Waals surface area contributed by atoms with E-state index in [1.807, 2.05) is 0 Å². The van der Waals surface area contributed by atoms with E-state index in [9.17, 15) is 9.18 Å². The minimum absolute atomic E-state index is 0.133. The lowest BCUT2D eigenvalue weighted by molar-refractivity contribution is -0.149. The first-order valence-electron chi connectivity index (χ1n) is 4.29. The third-order valence-corrected chi connectivity index (χ3v) is 2.59. The van der Waals surface area contributed by atoms with Crippen molar-refractivity contribution in [1.29, 1.82) is 0 Å². The van der Waals surface area contributed by atoms with E-state index in [1.54, 1.807) is 6.07 Å². The Morgan fingerprint density at radius 1 is 1.67 bits per heavy atom. The van der Waals surface area contributed by atoms with Gasteiger partial charge in [-0.15, -0.1) is 0 Å². The maximum Gasteiger partial charge on any atom is 0.332 e. The molecule has 0 bridgehead atoms. The van der Waals surface area contributed by atoms with Crippen molar-refractivity contribution in [2.45, 2.75) is 19.6 Å². The van der Waals surface area contributed by atoms with Gasteiger partial charge in [0.25, 0.3) is 0 Å². The summed E-state index contributed by atoms with van der Waals surface area (Å²) < 4.78 is 18.3. The molecule has 0 spiro atoms. The Labute approximate surface area is 95.0 Å². The molecule has 0 aliphatic heterocycles. The van der Waals surface area contributed by atoms with E-state index < -0.39 is 12.1 Å². The Balaban J connectivity index is 2.62. The van der Waals surface area contributed by atoms with Crippen LogP contribution in [0.4, 0.5) is 4.39 Å². The smallest absolute Gasteiger partial charge is 0.332 e. The number of ether oxygens (including phenoxy) is 1. The molecule has 0 amide bonds. The van der Waals surface area contributed by atoms with Crippen LogP contribution in [0.15, 0.2) is 22.7 Å². The Hall–Kier alpha value is -0.940. The molecule has 1 rings (SSSR count). The van der Waals surface area contributed by atoms with Crippen molar-refractivity contribution in [2.24, 2.45) is 0 Å². The van der Waals surface area contributed by atoms with Crippen LogP contribution in [0, 0.1) is 5.82 Å². The van der Waals surface area contributed by atoms with E-state index in [0.717, 1.165) is 0 Å². The lowest BCUT2D eigenvalue weighted by atomic mass is 10.2. The highest BCUT2D eigenvalue weighted by molar-refractivity contribution is 9.10. The van der Waals surface area contributed by atoms with Crippen LogP contribution in [0.25, 0.3) is 0 Å². The summed E-state index contributed by atoms with van der Waals surface area (Å²) in [4.78, 5) is 10.5. The van der Waals surface area contributed by atoms with Gasteiger partial charge in [0, 0.05) is 4.47 Å². The average molecular weight is 277 g/mol. The van der Waals surface area contributed by atoms with E-state index in [2.05, 4.69) is 15.9 Å². The Bertz CT molecular complexity index is 368. The van der Waals surface area contributed by atoms with Gasteiger partial charge in [0.05, 0.1) is 6.61 Å². The van der Waals surface area contributed by atoms with Gasteiger partial charge in [-0.25, -0.2) is 9.18 Å². The van der Waals surface area contributed by atoms with Crippen molar-refractivity contribution in [3.63, 3.8) is 0 Å². The molecule has 1 aromatic carbocycles. The highest BCUT2D eigenvalue weighted by Crippen LogP contribution is 2.19. The zero-order valence-corrected chi connectivity index (χ0v) is 9.62. The number of rotatable bonds is 4. The molecule has 3 nitrogen and oxygen atoms in total. The normalized spacial score (nSPS) is 12.5. The summed E-state index contributed by atoms with van der Waals surface area (Å²) in [6, 6.07) is 4.16. The minimum Gasteiger partial charge on any atom is -0.479 e. The molecule has 15 heavy (non-hydrogen) atoms. The largest absolute Gasteiger partial charge is 0.479 e. The quantitative estimate of drug-likeness (QED) is 0.920. The maximum absolute atomic E-state index is 12.7. The van der Waals surface area contributed by atoms with Gasteiger partial charge < -0.3 is 9.84 Å². The number of carbonyl (C=O) groups is 1. The molecule has 0 saturated heterocycles. The number of halogens is 2. The van der Waals surface area contributed by atoms with Crippen LogP contribution in [-0.2, 0) is 16.1 Å². The number of benzene rings is 1. The highest BCUT2D eigenvalue weighted by Gasteiger charge is 2.11. The van der Waals surface area contributed by atoms with Gasteiger partial charge in [-0.3, -0.25) is 0 Å². The zero-order valence-electron chi connectivity index (χ0n) is 8.04. The summed E-state index contributed by atoms with van der Waals surface area (Å²) >= 11 is 3.17. The number of carboxylic acids is 1. The fourth-order valence-electron chi connectivity index (χ4n) is 0.925. The lowest BCUT2D eigenvalue weighted by Gasteiger charge is -2.09. The summed E-state index contributed by atoms with van der Waals surface area (Å²) in [6.45, 7) is 1.58. The molecule has 82 valence electrons. The molecule has 1 aromatic rings. The average Bonchev–Trinajstić information content (AvgIpc) is 2.15. The molecule has 0 aliphatic rings. The summed E-state index contributed by atoms with van der Waals surface area (Å²) in [6.07, 6.45) is -0.873. The molecule has 0 unspecified atom stereocenters. The Morgan fingerprint density at radius 2 is 2.33 bits per heavy atom. The van der Waals surface area contributed by atoms with Crippen LogP contribution in [0.5, 0.6) is 0 Å². The predicted molar refractivity (Wildman–Crippen MR) is 56.0 cm³/mol. The van der Waals surface area contributed by atoms with Gasteiger partial charge in [0.15, 0.2) is 6.10 Å². The van der Waals surface area contributed by atoms with Crippen molar-refractivity contribution in [3.05, 3.63) is 34.1 Å². The zero-order chi connectivity index (χ0) is 11.4. The molecule has 1 atom stereocenters. The van der Waals surface area contributed by atoms with Crippen molar-refractivity contribution >= 4 is 21.9 Å². The van der Waals surface area contributed by atoms with Crippen LogP contribution < -0.4 is 0 Å². The summed E-state index contributed by atoms with van der Waals surface area (Å²) in [7, 11) is 0. The summed E-state index contributed by atoms with van der Waals surface area (Å²) in [5, 5.41) is 8.58. The lowest BCUT2D eigenvalue weighted by Crippen LogP contribution is -2.19. The fraction of sp³-hybridized carbons (Fsp3) is 0.300. The molecule has 0 radical (unpaired) electrons. The van der Waals surface area contributed by atoms with Crippen molar-refractivity contribution in [2.75, 3.05) is 0 Å². The third-order valence-electron chi connectivity index (χ3n) is 1.85. The Morgan fingerprint density at radius 3 is 2.87 bits per heavy atom. The predicted octanol–water partition coefficient (Wildman–Crippen LogP) is 2.58. The monoisotopic (exact) mass is 276 g/mol. The van der Waals surface area contributed by atoms with Crippen LogP contribution in [-0.4, -0.2) is 17.2 Å². The third kappa shape index (κ3) is 3.60. The van der Waals surface area contributed by atoms with E-state index in [0.29, 0.717) is 10.0 Å². The second kappa shape index (κ2) is 5.23. The SMILES string of the molecule is C[C@@H](OCc1ccc(F)cc1Br)C(=O)O. The highest BCUT2D eigenvalue weighted by atomic mass is 79.9. The van der Waals surface area contributed by atoms with Gasteiger partial charge in [0.2, 0.25) is 0 Å². The molecule has 0 heterocycles. The molecule has 0 aromatic heterocycles. The number of carboxylic acid groups (broad SMARTS) is 1. The summed E-state index contributed by atoms with van der Waals surface area (Å²) in [5.41, 5.74) is 0.713. The molecule has 0 aliphatic carbocycles. The Kier molecular flexibility index (Phi) is 4.23. The van der Waals surface area contributed by atoms with Gasteiger partial charge in [-0.1, -0.05) is 22.0 Å². The van der Waals surface area contributed by atoms with E-state index in [4.69, 9.17) is 9.84 Å². The first kappa shape index (κ1) is 12.1. The van der Waals surface area contributed by atoms with Crippen molar-refractivity contribution < 1.29 is 19.0 Å². The second-order valence-electron chi connectivity index (χ2n) is 3.03. The molecule has 5 heteroatoms. The van der Waals surface area contributed by atoms with Gasteiger partial charge in [-0.05, 0) is 24.6 Å². The van der Waals surface area contributed by atoms with Crippen molar-refractivity contribution in [1.82, 2.24) is 0 Å². The maximum atomic E-state index is 12.7. The van der Waals surface area contributed by atoms with Gasteiger partial charge >= 0.3 is 5.97 Å². The van der Waals surface area contributed by atoms with E-state index >= 15 is 0 Å². The van der Waals surface area contributed by atoms with Gasteiger partial charge in [-0.2, -0.15) is 0 Å². The number of hydrogen-bond donors (Lipinski definition) is 1. The second-order valence-corrected chi connectivity index (χ2v) is 3.88. The summed E-state index contributed by atoms with van der Waals surface area (Å²) in [5.74, 6) is -1.37. The number of aliphatic carboxylic acids is 1. The minimum atomic E-state index is -1.02. The van der Waals surface area contributed by atoms with Crippen LogP contribution >= 0.6 is 15.9 Å². The molecule has 0 saturated carbocycles. The van der Waals surface area contributed by atoms with Gasteiger partial charge in [0.1, 0.15) is 5.82 Å². The van der Waals surface area contributed by atoms with Crippen LogP contribution in [0.2, 0.25) is 0 Å². The van der Waals surface area contributed by atoms with E-state index in [-0.39, 0.29) is 12.4 Å². The molecular formula is C10H10BrFO3. The number of hydrogen-bond acceptors (Lipinski definition) is 2. The standard InChI is InChI=1S/C10H10BrFO3/c1-6(10(13)14)15-5-7-2-3-8(12)4-9(7)11/h2-4,6H,5H2,1H3,(H,13,14)/t6-/m1/s1. The molecular weight excluding hydrogens is 267 g/mol. The van der Waals surface area contributed by atoms with Crippen molar-refractivity contribution in [3.8, 4) is 0 Å².